The number of amides is 3. The van der Waals surface area contributed by atoms with Gasteiger partial charge in [-0.1, -0.05) is 30.3 Å². The van der Waals surface area contributed by atoms with Crippen LogP contribution >= 0.6 is 12.4 Å². The lowest BCUT2D eigenvalue weighted by atomic mass is 10.1. The first-order valence-corrected chi connectivity index (χ1v) is 9.69. The number of carbonyl (C=O) groups is 3. The van der Waals surface area contributed by atoms with Crippen molar-refractivity contribution in [2.75, 3.05) is 19.6 Å². The minimum Gasteiger partial charge on any atom is -0.350 e. The maximum absolute atomic E-state index is 12.7. The molecule has 0 aliphatic carbocycles. The van der Waals surface area contributed by atoms with Gasteiger partial charge in [-0.25, -0.2) is 0 Å². The molecule has 3 amide bonds. The molecule has 1 fully saturated rings. The number of halogens is 1. The van der Waals surface area contributed by atoms with E-state index >= 15 is 0 Å². The smallest absolute Gasteiger partial charge is 0.261 e. The van der Waals surface area contributed by atoms with E-state index in [2.05, 4.69) is 10.6 Å². The van der Waals surface area contributed by atoms with Gasteiger partial charge in [0.05, 0.1) is 11.1 Å². The van der Waals surface area contributed by atoms with Crippen molar-refractivity contribution in [3.8, 4) is 0 Å². The monoisotopic (exact) mass is 413 g/mol. The molecule has 2 N–H and O–H groups in total. The predicted octanol–water partition coefficient (Wildman–Crippen LogP) is 2.43. The lowest BCUT2D eigenvalue weighted by Crippen LogP contribution is -2.37. The summed E-state index contributed by atoms with van der Waals surface area (Å²) < 4.78 is 0. The first-order chi connectivity index (χ1) is 13.6. The SMILES string of the molecule is Cl.O=C(NCC1CCCN1)c1ccc2c(c1)C(=O)N(CCc1ccccc1)C2=O. The van der Waals surface area contributed by atoms with Crippen molar-refractivity contribution < 1.29 is 14.4 Å². The van der Waals surface area contributed by atoms with Gasteiger partial charge in [-0.2, -0.15) is 0 Å². The van der Waals surface area contributed by atoms with Crippen LogP contribution in [0.5, 0.6) is 0 Å². The Balaban J connectivity index is 0.00000240. The van der Waals surface area contributed by atoms with E-state index in [1.165, 1.54) is 11.0 Å². The van der Waals surface area contributed by atoms with Crippen LogP contribution in [0.2, 0.25) is 0 Å². The van der Waals surface area contributed by atoms with Gasteiger partial charge in [0, 0.05) is 24.7 Å². The Hall–Kier alpha value is -2.70. The van der Waals surface area contributed by atoms with Gasteiger partial charge in [0.1, 0.15) is 0 Å². The molecule has 2 aliphatic rings. The Morgan fingerprint density at radius 2 is 1.83 bits per heavy atom. The summed E-state index contributed by atoms with van der Waals surface area (Å²) in [5.74, 6) is -0.847. The van der Waals surface area contributed by atoms with Gasteiger partial charge in [0.25, 0.3) is 17.7 Å². The fourth-order valence-corrected chi connectivity index (χ4v) is 3.77. The van der Waals surface area contributed by atoms with Crippen LogP contribution in [0.15, 0.2) is 48.5 Å². The minimum atomic E-state index is -0.331. The van der Waals surface area contributed by atoms with E-state index in [0.717, 1.165) is 24.9 Å². The van der Waals surface area contributed by atoms with Gasteiger partial charge < -0.3 is 10.6 Å². The van der Waals surface area contributed by atoms with E-state index in [1.807, 2.05) is 30.3 Å². The van der Waals surface area contributed by atoms with Crippen LogP contribution in [-0.2, 0) is 6.42 Å². The largest absolute Gasteiger partial charge is 0.350 e. The number of imide groups is 1. The topological polar surface area (TPSA) is 78.5 Å². The lowest BCUT2D eigenvalue weighted by molar-refractivity contribution is 0.0656. The van der Waals surface area contributed by atoms with Gasteiger partial charge in [0.15, 0.2) is 0 Å². The Kier molecular flexibility index (Phi) is 6.67. The van der Waals surface area contributed by atoms with Gasteiger partial charge >= 0.3 is 0 Å². The quantitative estimate of drug-likeness (QED) is 0.713. The highest BCUT2D eigenvalue weighted by molar-refractivity contribution is 6.22. The van der Waals surface area contributed by atoms with Crippen molar-refractivity contribution in [1.29, 1.82) is 0 Å². The molecule has 0 radical (unpaired) electrons. The molecule has 7 heteroatoms. The third kappa shape index (κ3) is 4.49. The molecule has 0 saturated carbocycles. The van der Waals surface area contributed by atoms with E-state index in [1.54, 1.807) is 12.1 Å². The zero-order valence-electron chi connectivity index (χ0n) is 16.0. The Morgan fingerprint density at radius 1 is 1.07 bits per heavy atom. The van der Waals surface area contributed by atoms with Gasteiger partial charge in [-0.05, 0) is 49.6 Å². The second-order valence-corrected chi connectivity index (χ2v) is 7.26. The van der Waals surface area contributed by atoms with Gasteiger partial charge in [-0.3, -0.25) is 19.3 Å². The molecular weight excluding hydrogens is 390 g/mol. The highest BCUT2D eigenvalue weighted by Crippen LogP contribution is 2.24. The lowest BCUT2D eigenvalue weighted by Gasteiger charge is -2.13. The van der Waals surface area contributed by atoms with E-state index in [0.29, 0.717) is 42.2 Å². The van der Waals surface area contributed by atoms with Crippen molar-refractivity contribution in [2.45, 2.75) is 25.3 Å². The zero-order chi connectivity index (χ0) is 19.5. The number of hydrogen-bond acceptors (Lipinski definition) is 4. The summed E-state index contributed by atoms with van der Waals surface area (Å²) in [6.07, 6.45) is 2.77. The summed E-state index contributed by atoms with van der Waals surface area (Å²) in [7, 11) is 0. The van der Waals surface area contributed by atoms with Crippen LogP contribution in [0.4, 0.5) is 0 Å². The summed E-state index contributed by atoms with van der Waals surface area (Å²) in [5.41, 5.74) is 2.15. The van der Waals surface area contributed by atoms with Crippen LogP contribution in [0.1, 0.15) is 49.5 Å². The van der Waals surface area contributed by atoms with Crippen molar-refractivity contribution in [1.82, 2.24) is 15.5 Å². The van der Waals surface area contributed by atoms with E-state index in [4.69, 9.17) is 0 Å². The standard InChI is InChI=1S/C22H23N3O3.ClH/c26-20(24-14-17-7-4-11-23-17)16-8-9-18-19(13-16)22(28)25(21(18)27)12-10-15-5-2-1-3-6-15;/h1-3,5-6,8-9,13,17,23H,4,7,10-12,14H2,(H,24,26);1H. The van der Waals surface area contributed by atoms with Crippen LogP contribution < -0.4 is 10.6 Å². The molecule has 0 bridgehead atoms. The van der Waals surface area contributed by atoms with Crippen LogP contribution in [0.3, 0.4) is 0 Å². The summed E-state index contributed by atoms with van der Waals surface area (Å²) in [6.45, 7) is 1.87. The number of fused-ring (bicyclic) bond motifs is 1. The molecule has 29 heavy (non-hydrogen) atoms. The predicted molar refractivity (Wildman–Crippen MR) is 113 cm³/mol. The fourth-order valence-electron chi connectivity index (χ4n) is 3.77. The van der Waals surface area contributed by atoms with E-state index < -0.39 is 0 Å². The average molecular weight is 414 g/mol. The molecule has 2 aliphatic heterocycles. The third-order valence-electron chi connectivity index (χ3n) is 5.37. The minimum absolute atomic E-state index is 0. The number of nitrogens with one attached hydrogen (secondary N) is 2. The molecule has 4 rings (SSSR count). The van der Waals surface area contributed by atoms with Crippen LogP contribution in [0, 0.1) is 0 Å². The zero-order valence-corrected chi connectivity index (χ0v) is 16.8. The summed E-state index contributed by atoms with van der Waals surface area (Å²) >= 11 is 0. The third-order valence-corrected chi connectivity index (χ3v) is 5.37. The molecule has 0 aromatic heterocycles. The summed E-state index contributed by atoms with van der Waals surface area (Å²) in [5, 5.41) is 6.24. The second-order valence-electron chi connectivity index (χ2n) is 7.26. The Morgan fingerprint density at radius 3 is 2.55 bits per heavy atom. The Labute approximate surface area is 176 Å². The van der Waals surface area contributed by atoms with Crippen molar-refractivity contribution in [2.24, 2.45) is 0 Å². The number of rotatable bonds is 6. The molecule has 1 saturated heterocycles. The first kappa shape index (κ1) is 21.0. The molecule has 6 nitrogen and oxygen atoms in total. The maximum atomic E-state index is 12.7. The fraction of sp³-hybridized carbons (Fsp3) is 0.318. The first-order valence-electron chi connectivity index (χ1n) is 9.69. The van der Waals surface area contributed by atoms with Crippen LogP contribution in [-0.4, -0.2) is 48.3 Å². The molecule has 2 aromatic carbocycles. The molecule has 1 unspecified atom stereocenters. The normalized spacial score (nSPS) is 17.8. The van der Waals surface area contributed by atoms with Crippen molar-refractivity contribution in [3.05, 3.63) is 70.8 Å². The second kappa shape index (κ2) is 9.20. The average Bonchev–Trinajstić information content (AvgIpc) is 3.33. The van der Waals surface area contributed by atoms with Gasteiger partial charge in [-0.15, -0.1) is 12.4 Å². The molecule has 2 heterocycles. The number of carbonyl (C=O) groups excluding carboxylic acids is 3. The summed E-state index contributed by atoms with van der Waals surface area (Å²) in [4.78, 5) is 39.0. The van der Waals surface area contributed by atoms with Crippen LogP contribution in [0.25, 0.3) is 0 Å². The Bertz CT molecular complexity index is 911. The van der Waals surface area contributed by atoms with E-state index in [9.17, 15) is 14.4 Å². The van der Waals surface area contributed by atoms with Gasteiger partial charge in [0.2, 0.25) is 0 Å². The molecule has 1 atom stereocenters. The highest BCUT2D eigenvalue weighted by atomic mass is 35.5. The highest BCUT2D eigenvalue weighted by Gasteiger charge is 2.35. The summed E-state index contributed by atoms with van der Waals surface area (Å²) in [6, 6.07) is 14.8. The molecule has 2 aromatic rings. The van der Waals surface area contributed by atoms with Crippen molar-refractivity contribution in [3.63, 3.8) is 0 Å². The molecule has 152 valence electrons. The number of benzene rings is 2. The van der Waals surface area contributed by atoms with E-state index in [-0.39, 0.29) is 30.1 Å². The molecule has 0 spiro atoms. The molecular formula is C22H24ClN3O3. The van der Waals surface area contributed by atoms with Crippen molar-refractivity contribution >= 4 is 30.1 Å². The number of nitrogens with zero attached hydrogens (tertiary/aromatic N) is 1. The number of hydrogen-bond donors (Lipinski definition) is 2. The maximum Gasteiger partial charge on any atom is 0.261 e.